The van der Waals surface area contributed by atoms with Gasteiger partial charge < -0.3 is 28.7 Å². The van der Waals surface area contributed by atoms with Gasteiger partial charge in [0.2, 0.25) is 5.95 Å². The van der Waals surface area contributed by atoms with Crippen LogP contribution < -0.4 is 14.4 Å². The summed E-state index contributed by atoms with van der Waals surface area (Å²) < 4.78 is 13.3. The fourth-order valence-corrected chi connectivity index (χ4v) is 6.81. The van der Waals surface area contributed by atoms with Gasteiger partial charge in [-0.05, 0) is 74.3 Å². The third-order valence-electron chi connectivity index (χ3n) is 9.18. The minimum atomic E-state index is -0.109. The van der Waals surface area contributed by atoms with E-state index >= 15 is 0 Å². The number of aryl methyl sites for hydroxylation is 1. The van der Waals surface area contributed by atoms with Crippen molar-refractivity contribution in [3.8, 4) is 11.5 Å². The SMILES string of the molecule is CCCCCn1c(N2CCCN(CCC(CN(C)C(=O)c3ccc(OC)cc3OC)c3ccc(Cl)c(Cl)c3)CC2)nc2ccccc21. The average Bonchev–Trinajstić information content (AvgIpc) is 3.29. The van der Waals surface area contributed by atoms with Crippen molar-refractivity contribution >= 4 is 46.1 Å². The molecule has 0 radical (unpaired) electrons. The molecule has 0 saturated carbocycles. The summed E-state index contributed by atoms with van der Waals surface area (Å²) in [5, 5.41) is 1.04. The molecule has 47 heavy (non-hydrogen) atoms. The van der Waals surface area contributed by atoms with Crippen molar-refractivity contribution in [2.45, 2.75) is 51.5 Å². The highest BCUT2D eigenvalue weighted by Gasteiger charge is 2.25. The molecular weight excluding hydrogens is 633 g/mol. The van der Waals surface area contributed by atoms with Gasteiger partial charge in [0.25, 0.3) is 5.91 Å². The van der Waals surface area contributed by atoms with Crippen molar-refractivity contribution in [2.75, 3.05) is 65.4 Å². The van der Waals surface area contributed by atoms with E-state index in [9.17, 15) is 4.79 Å². The number of carbonyl (C=O) groups excluding carboxylic acids is 1. The Labute approximate surface area is 289 Å². The van der Waals surface area contributed by atoms with E-state index in [0.29, 0.717) is 33.7 Å². The van der Waals surface area contributed by atoms with Gasteiger partial charge in [0.05, 0.1) is 40.9 Å². The van der Waals surface area contributed by atoms with Crippen molar-refractivity contribution < 1.29 is 14.3 Å². The summed E-state index contributed by atoms with van der Waals surface area (Å²) in [5.74, 6) is 2.17. The molecule has 1 aliphatic heterocycles. The maximum absolute atomic E-state index is 13.6. The van der Waals surface area contributed by atoms with Crippen molar-refractivity contribution in [2.24, 2.45) is 0 Å². The van der Waals surface area contributed by atoms with E-state index < -0.39 is 0 Å². The van der Waals surface area contributed by atoms with Gasteiger partial charge >= 0.3 is 0 Å². The fourth-order valence-electron chi connectivity index (χ4n) is 6.50. The predicted octanol–water partition coefficient (Wildman–Crippen LogP) is 8.01. The lowest BCUT2D eigenvalue weighted by atomic mass is 9.94. The van der Waals surface area contributed by atoms with Crippen LogP contribution in [0.3, 0.4) is 0 Å². The molecular formula is C37H47Cl2N5O3. The average molecular weight is 681 g/mol. The van der Waals surface area contributed by atoms with Gasteiger partial charge in [-0.2, -0.15) is 0 Å². The van der Waals surface area contributed by atoms with Crippen LogP contribution in [-0.4, -0.2) is 85.8 Å². The van der Waals surface area contributed by atoms with Gasteiger partial charge in [-0.1, -0.05) is 61.2 Å². The van der Waals surface area contributed by atoms with E-state index in [-0.39, 0.29) is 11.8 Å². The van der Waals surface area contributed by atoms with E-state index in [1.54, 1.807) is 37.3 Å². The largest absolute Gasteiger partial charge is 0.497 e. The molecule has 8 nitrogen and oxygen atoms in total. The number of fused-ring (bicyclic) bond motifs is 1. The molecule has 1 fully saturated rings. The topological polar surface area (TPSA) is 63.1 Å². The van der Waals surface area contributed by atoms with Crippen LogP contribution in [-0.2, 0) is 6.54 Å². The number of likely N-dealkylation sites (N-methyl/N-ethyl adjacent to an activating group) is 1. The molecule has 2 heterocycles. The van der Waals surface area contributed by atoms with Gasteiger partial charge in [-0.3, -0.25) is 4.79 Å². The third kappa shape index (κ3) is 8.53. The predicted molar refractivity (Wildman–Crippen MR) is 193 cm³/mol. The molecule has 4 aromatic rings. The van der Waals surface area contributed by atoms with Gasteiger partial charge in [0.1, 0.15) is 11.5 Å². The Morgan fingerprint density at radius 3 is 2.53 bits per heavy atom. The van der Waals surface area contributed by atoms with Gasteiger partial charge in [-0.25, -0.2) is 4.98 Å². The summed E-state index contributed by atoms with van der Waals surface area (Å²) in [6, 6.07) is 19.6. The fraction of sp³-hybridized carbons (Fsp3) is 0.459. The standard InChI is InChI=1S/C37H47Cl2N5O3/c1-5-6-9-20-44-34-12-8-7-11-33(34)40-37(44)43-19-10-18-42(22-23-43)21-17-28(27-13-16-31(38)32(39)24-27)26-41(2)36(45)30-15-14-29(46-3)25-35(30)47-4/h7-8,11-16,24-25,28H,5-6,9-10,17-23,26H2,1-4H3. The molecule has 1 amide bonds. The first-order valence-electron chi connectivity index (χ1n) is 16.7. The van der Waals surface area contributed by atoms with Crippen LogP contribution in [0.1, 0.15) is 60.9 Å². The van der Waals surface area contributed by atoms with E-state index in [2.05, 4.69) is 45.6 Å². The lowest BCUT2D eigenvalue weighted by Gasteiger charge is -2.28. The summed E-state index contributed by atoms with van der Waals surface area (Å²) in [6.07, 6.45) is 5.50. The first-order chi connectivity index (χ1) is 22.8. The van der Waals surface area contributed by atoms with Crippen LogP contribution in [0.15, 0.2) is 60.7 Å². The number of amides is 1. The lowest BCUT2D eigenvalue weighted by Crippen LogP contribution is -2.35. The van der Waals surface area contributed by atoms with Crippen LogP contribution >= 0.6 is 23.2 Å². The highest BCUT2D eigenvalue weighted by molar-refractivity contribution is 6.42. The van der Waals surface area contributed by atoms with Crippen LogP contribution in [0.4, 0.5) is 5.95 Å². The summed E-state index contributed by atoms with van der Waals surface area (Å²) in [6.45, 7) is 8.52. The Balaban J connectivity index is 1.28. The number of aromatic nitrogens is 2. The molecule has 0 aliphatic carbocycles. The minimum Gasteiger partial charge on any atom is -0.497 e. The van der Waals surface area contributed by atoms with E-state index in [1.165, 1.54) is 18.4 Å². The first-order valence-corrected chi connectivity index (χ1v) is 17.4. The minimum absolute atomic E-state index is 0.0603. The Morgan fingerprint density at radius 1 is 0.936 bits per heavy atom. The second-order valence-electron chi connectivity index (χ2n) is 12.4. The number of unbranched alkanes of at least 4 members (excludes halogenated alkanes) is 2. The quantitative estimate of drug-likeness (QED) is 0.126. The van der Waals surface area contributed by atoms with Crippen LogP contribution in [0.2, 0.25) is 10.0 Å². The smallest absolute Gasteiger partial charge is 0.257 e. The molecule has 1 saturated heterocycles. The number of methoxy groups -OCH3 is 2. The van der Waals surface area contributed by atoms with Crippen LogP contribution in [0.25, 0.3) is 11.0 Å². The second kappa shape index (κ2) is 16.6. The van der Waals surface area contributed by atoms with E-state index in [1.807, 2.05) is 25.2 Å². The van der Waals surface area contributed by atoms with Crippen LogP contribution in [0, 0.1) is 0 Å². The van der Waals surface area contributed by atoms with Crippen molar-refractivity contribution in [3.63, 3.8) is 0 Å². The molecule has 0 bridgehead atoms. The molecule has 1 aliphatic rings. The summed E-state index contributed by atoms with van der Waals surface area (Å²) in [7, 11) is 5.00. The zero-order valence-electron chi connectivity index (χ0n) is 28.1. The number of ether oxygens (including phenoxy) is 2. The number of halogens is 2. The Morgan fingerprint density at radius 2 is 1.77 bits per heavy atom. The molecule has 0 N–H and O–H groups in total. The molecule has 0 spiro atoms. The third-order valence-corrected chi connectivity index (χ3v) is 9.92. The Bertz CT molecular complexity index is 1640. The number of nitrogens with zero attached hydrogens (tertiary/aromatic N) is 5. The summed E-state index contributed by atoms with van der Waals surface area (Å²) >= 11 is 12.8. The number of anilines is 1. The number of para-hydroxylation sites is 2. The molecule has 3 aromatic carbocycles. The number of carbonyl (C=O) groups is 1. The first kappa shape index (κ1) is 34.9. The normalized spacial score (nSPS) is 14.6. The molecule has 1 unspecified atom stereocenters. The number of benzene rings is 3. The molecule has 1 aromatic heterocycles. The van der Waals surface area contributed by atoms with Gasteiger partial charge in [-0.15, -0.1) is 0 Å². The Hall–Kier alpha value is -3.46. The van der Waals surface area contributed by atoms with E-state index in [0.717, 1.165) is 75.6 Å². The zero-order valence-corrected chi connectivity index (χ0v) is 29.6. The van der Waals surface area contributed by atoms with Crippen LogP contribution in [0.5, 0.6) is 11.5 Å². The summed E-state index contributed by atoms with van der Waals surface area (Å²) in [4.78, 5) is 25.5. The maximum Gasteiger partial charge on any atom is 0.257 e. The number of imidazole rings is 1. The molecule has 5 rings (SSSR count). The molecule has 1 atom stereocenters. The highest BCUT2D eigenvalue weighted by Crippen LogP contribution is 2.31. The maximum atomic E-state index is 13.6. The summed E-state index contributed by atoms with van der Waals surface area (Å²) in [5.41, 5.74) is 3.85. The number of rotatable bonds is 14. The molecule has 252 valence electrons. The van der Waals surface area contributed by atoms with Crippen molar-refractivity contribution in [3.05, 3.63) is 81.8 Å². The van der Waals surface area contributed by atoms with E-state index in [4.69, 9.17) is 37.7 Å². The van der Waals surface area contributed by atoms with Crippen molar-refractivity contribution in [1.82, 2.24) is 19.4 Å². The number of hydrogen-bond donors (Lipinski definition) is 0. The zero-order chi connectivity index (χ0) is 33.3. The van der Waals surface area contributed by atoms with Gasteiger partial charge in [0, 0.05) is 51.8 Å². The number of hydrogen-bond acceptors (Lipinski definition) is 6. The van der Waals surface area contributed by atoms with Crippen molar-refractivity contribution in [1.29, 1.82) is 0 Å². The highest BCUT2D eigenvalue weighted by atomic mass is 35.5. The van der Waals surface area contributed by atoms with Gasteiger partial charge in [0.15, 0.2) is 0 Å². The Kier molecular flexibility index (Phi) is 12.3. The second-order valence-corrected chi connectivity index (χ2v) is 13.2. The lowest BCUT2D eigenvalue weighted by molar-refractivity contribution is 0.0779. The monoisotopic (exact) mass is 679 g/mol. The molecule has 10 heteroatoms.